The number of ether oxygens (including phenoxy) is 2. The minimum absolute atomic E-state index is 0.123. The van der Waals surface area contributed by atoms with Crippen LogP contribution < -0.4 is 24.6 Å². The van der Waals surface area contributed by atoms with Gasteiger partial charge in [-0.25, -0.2) is 0 Å². The van der Waals surface area contributed by atoms with Gasteiger partial charge in [-0.1, -0.05) is 42.5 Å². The van der Waals surface area contributed by atoms with Crippen molar-refractivity contribution in [3.8, 4) is 11.5 Å². The van der Waals surface area contributed by atoms with Crippen LogP contribution in [0.15, 0.2) is 91.0 Å². The summed E-state index contributed by atoms with van der Waals surface area (Å²) in [5.41, 5.74) is 10.1. The largest absolute Gasteiger partial charge is 0.497 e. The molecule has 5 aliphatic heterocycles. The van der Waals surface area contributed by atoms with Gasteiger partial charge in [0.15, 0.2) is 0 Å². The lowest BCUT2D eigenvalue weighted by molar-refractivity contribution is -0.136. The molecule has 0 spiro atoms. The van der Waals surface area contributed by atoms with Crippen LogP contribution in [0.5, 0.6) is 11.5 Å². The van der Waals surface area contributed by atoms with Crippen LogP contribution in [0.3, 0.4) is 0 Å². The van der Waals surface area contributed by atoms with Gasteiger partial charge in [0.05, 0.1) is 13.7 Å². The second-order valence-electron chi connectivity index (χ2n) is 15.7. The van der Waals surface area contributed by atoms with E-state index in [1.165, 1.54) is 40.8 Å². The fraction of sp³-hybridized carbons (Fsp3) is 0.370. The molecule has 3 saturated heterocycles. The fourth-order valence-electron chi connectivity index (χ4n) is 9.29. The quantitative estimate of drug-likeness (QED) is 0.212. The van der Waals surface area contributed by atoms with Crippen molar-refractivity contribution < 1.29 is 23.9 Å². The lowest BCUT2D eigenvalue weighted by Crippen LogP contribution is -2.52. The molecule has 0 saturated carbocycles. The molecule has 0 aromatic heterocycles. The van der Waals surface area contributed by atoms with Gasteiger partial charge in [-0.05, 0) is 95.5 Å². The van der Waals surface area contributed by atoms with Crippen LogP contribution in [0.25, 0.3) is 11.1 Å². The molecule has 0 radical (unpaired) electrons. The Kier molecular flexibility index (Phi) is 9.98. The summed E-state index contributed by atoms with van der Waals surface area (Å²) < 4.78 is 11.8. The van der Waals surface area contributed by atoms with Crippen LogP contribution in [0.2, 0.25) is 0 Å². The number of benzene rings is 4. The number of amides is 3. The minimum atomic E-state index is -0.588. The smallest absolute Gasteiger partial charge is 0.255 e. The molecule has 4 aromatic rings. The summed E-state index contributed by atoms with van der Waals surface area (Å²) in [6.45, 7) is 8.19. The highest BCUT2D eigenvalue weighted by Crippen LogP contribution is 2.43. The van der Waals surface area contributed by atoms with Crippen molar-refractivity contribution >= 4 is 40.2 Å². The van der Waals surface area contributed by atoms with Crippen molar-refractivity contribution in [2.45, 2.75) is 44.7 Å². The molecule has 0 aliphatic carbocycles. The molecule has 0 unspecified atom stereocenters. The number of nitrogens with zero attached hydrogens (tertiary/aromatic N) is 4. The van der Waals surface area contributed by atoms with Crippen LogP contribution >= 0.6 is 0 Å². The van der Waals surface area contributed by atoms with E-state index in [1.54, 1.807) is 12.0 Å². The summed E-state index contributed by atoms with van der Waals surface area (Å²) in [5, 5.41) is 2.39. The highest BCUT2D eigenvalue weighted by Gasteiger charge is 2.39. The fourth-order valence-corrected chi connectivity index (χ4v) is 9.29. The summed E-state index contributed by atoms with van der Waals surface area (Å²) >= 11 is 0. The summed E-state index contributed by atoms with van der Waals surface area (Å²) in [7, 11) is 1.69. The lowest BCUT2D eigenvalue weighted by atomic mass is 9.88. The SMILES string of the molecule is COc1ccc2c(c1)OCCC(c1ccccc1)=C2c1ccc(N2CCC(CN3CCN(c4ccc5c(c4)CN([C@@H]4CCC(=O)NC4=O)C5=O)CC3)CC2)cc1. The molecule has 10 heteroatoms. The second kappa shape index (κ2) is 15.5. The second-order valence-corrected chi connectivity index (χ2v) is 15.7. The Balaban J connectivity index is 0.801. The minimum Gasteiger partial charge on any atom is -0.497 e. The zero-order valence-electron chi connectivity index (χ0n) is 32.0. The van der Waals surface area contributed by atoms with Gasteiger partial charge < -0.3 is 24.2 Å². The molecule has 3 fully saturated rings. The molecule has 9 rings (SSSR count). The Morgan fingerprint density at radius 3 is 2.21 bits per heavy atom. The molecule has 1 N–H and O–H groups in total. The van der Waals surface area contributed by atoms with Crippen molar-refractivity contribution in [3.05, 3.63) is 119 Å². The van der Waals surface area contributed by atoms with Crippen molar-refractivity contribution in [1.29, 1.82) is 0 Å². The number of piperidine rings is 2. The number of imide groups is 1. The zero-order chi connectivity index (χ0) is 38.2. The first-order chi connectivity index (χ1) is 27.4. The van der Waals surface area contributed by atoms with E-state index in [2.05, 4.69) is 86.7 Å². The summed E-state index contributed by atoms with van der Waals surface area (Å²) in [6, 6.07) is 31.5. The number of carbonyl (C=O) groups excluding carboxylic acids is 3. The Morgan fingerprint density at radius 2 is 1.46 bits per heavy atom. The standard InChI is InChI=1S/C46H49N5O5/c1-55-37-12-14-40-42(28-37)56-26-19-38(32-5-3-2-4-6-32)44(40)33-7-9-35(10-8-33)49-20-17-31(18-21-49)29-48-22-24-50(25-23-48)36-11-13-39-34(27-36)30-51(46(39)54)41-15-16-43(52)47-45(41)53/h2-14,27-28,31,41H,15-26,29-30H2,1H3,(H,47,52,53)/t41-/m1/s1. The molecule has 1 atom stereocenters. The molecule has 288 valence electrons. The average molecular weight is 752 g/mol. The zero-order valence-corrected chi connectivity index (χ0v) is 32.0. The Hall–Kier alpha value is -5.61. The maximum absolute atomic E-state index is 13.2. The number of methoxy groups -OCH3 is 1. The topological polar surface area (TPSA) is 94.7 Å². The van der Waals surface area contributed by atoms with E-state index in [9.17, 15) is 14.4 Å². The van der Waals surface area contributed by atoms with Crippen LogP contribution in [0.4, 0.5) is 11.4 Å². The van der Waals surface area contributed by atoms with E-state index in [-0.39, 0.29) is 24.1 Å². The maximum Gasteiger partial charge on any atom is 0.255 e. The number of carbonyl (C=O) groups is 3. The van der Waals surface area contributed by atoms with Crippen LogP contribution in [0, 0.1) is 5.92 Å². The molecular weight excluding hydrogens is 703 g/mol. The van der Waals surface area contributed by atoms with E-state index in [0.29, 0.717) is 31.1 Å². The molecular formula is C46H49N5O5. The molecule has 5 aliphatic rings. The van der Waals surface area contributed by atoms with Crippen LogP contribution in [0.1, 0.15) is 64.7 Å². The predicted molar refractivity (Wildman–Crippen MR) is 218 cm³/mol. The number of nitrogens with one attached hydrogen (secondary N) is 1. The highest BCUT2D eigenvalue weighted by atomic mass is 16.5. The van der Waals surface area contributed by atoms with Gasteiger partial charge in [0, 0.05) is 93.8 Å². The first kappa shape index (κ1) is 36.1. The summed E-state index contributed by atoms with van der Waals surface area (Å²) in [4.78, 5) is 46.5. The molecule has 0 bridgehead atoms. The van der Waals surface area contributed by atoms with E-state index in [1.807, 2.05) is 24.3 Å². The first-order valence-electron chi connectivity index (χ1n) is 20.1. The summed E-state index contributed by atoms with van der Waals surface area (Å²) in [6.07, 6.45) is 3.83. The van der Waals surface area contributed by atoms with E-state index >= 15 is 0 Å². The third-order valence-electron chi connectivity index (χ3n) is 12.4. The average Bonchev–Trinajstić information content (AvgIpc) is 3.43. The van der Waals surface area contributed by atoms with Gasteiger partial charge in [0.2, 0.25) is 11.8 Å². The van der Waals surface area contributed by atoms with Crippen molar-refractivity contribution in [2.24, 2.45) is 5.92 Å². The van der Waals surface area contributed by atoms with Gasteiger partial charge in [-0.2, -0.15) is 0 Å². The highest BCUT2D eigenvalue weighted by molar-refractivity contribution is 6.05. The third-order valence-corrected chi connectivity index (χ3v) is 12.4. The van der Waals surface area contributed by atoms with Crippen molar-refractivity contribution in [1.82, 2.24) is 15.1 Å². The number of hydrogen-bond donors (Lipinski definition) is 1. The Bertz CT molecular complexity index is 2150. The van der Waals surface area contributed by atoms with Crippen LogP contribution in [-0.4, -0.2) is 93.1 Å². The van der Waals surface area contributed by atoms with Gasteiger partial charge >= 0.3 is 0 Å². The van der Waals surface area contributed by atoms with Gasteiger partial charge in [0.1, 0.15) is 17.5 Å². The maximum atomic E-state index is 13.2. The number of rotatable bonds is 8. The number of anilines is 2. The molecule has 3 amide bonds. The normalized spacial score (nSPS) is 20.7. The summed E-state index contributed by atoms with van der Waals surface area (Å²) in [5.74, 6) is 1.57. The molecule has 4 aromatic carbocycles. The van der Waals surface area contributed by atoms with Gasteiger partial charge in [-0.15, -0.1) is 0 Å². The van der Waals surface area contributed by atoms with Gasteiger partial charge in [-0.3, -0.25) is 24.6 Å². The number of piperazine rings is 1. The lowest BCUT2D eigenvalue weighted by Gasteiger charge is -2.40. The number of fused-ring (bicyclic) bond motifs is 2. The molecule has 10 nitrogen and oxygen atoms in total. The van der Waals surface area contributed by atoms with Crippen molar-refractivity contribution in [2.75, 3.05) is 69.3 Å². The Labute approximate surface area is 328 Å². The first-order valence-corrected chi connectivity index (χ1v) is 20.1. The Morgan fingerprint density at radius 1 is 0.732 bits per heavy atom. The molecule has 56 heavy (non-hydrogen) atoms. The number of hydrogen-bond acceptors (Lipinski definition) is 8. The van der Waals surface area contributed by atoms with Gasteiger partial charge in [0.25, 0.3) is 5.91 Å². The predicted octanol–water partition coefficient (Wildman–Crippen LogP) is 6.24. The molecule has 5 heterocycles. The van der Waals surface area contributed by atoms with E-state index in [0.717, 1.165) is 80.5 Å². The van der Waals surface area contributed by atoms with E-state index < -0.39 is 6.04 Å². The van der Waals surface area contributed by atoms with E-state index in [4.69, 9.17) is 9.47 Å². The van der Waals surface area contributed by atoms with Crippen molar-refractivity contribution in [3.63, 3.8) is 0 Å². The van der Waals surface area contributed by atoms with Crippen LogP contribution in [-0.2, 0) is 16.1 Å². The third kappa shape index (κ3) is 7.14. The monoisotopic (exact) mass is 751 g/mol.